The zero-order valence-corrected chi connectivity index (χ0v) is 9.25. The van der Waals surface area contributed by atoms with Gasteiger partial charge in [0, 0.05) is 23.2 Å². The van der Waals surface area contributed by atoms with Crippen molar-refractivity contribution in [3.8, 4) is 11.5 Å². The quantitative estimate of drug-likeness (QED) is 0.799. The summed E-state index contributed by atoms with van der Waals surface area (Å²) in [4.78, 5) is 0. The number of benzene rings is 1. The number of hydrogen-bond acceptors (Lipinski definition) is 4. The first-order valence-corrected chi connectivity index (χ1v) is 4.90. The number of ether oxygens (including phenoxy) is 2. The maximum atomic E-state index is 8.69. The third-order valence-corrected chi connectivity index (χ3v) is 2.09. The standard InChI is InChI=1S/C10H14ClNO3/c1-14-9-5-8(11)4-7(6-12)10(9)15-3-2-13/h4-5,13H,2-3,6,12H2,1H3. The molecule has 0 atom stereocenters. The highest BCUT2D eigenvalue weighted by Crippen LogP contribution is 2.34. The van der Waals surface area contributed by atoms with Gasteiger partial charge in [0.25, 0.3) is 0 Å². The predicted octanol–water partition coefficient (Wildman–Crippen LogP) is 1.18. The molecule has 0 aliphatic heterocycles. The molecule has 1 rings (SSSR count). The van der Waals surface area contributed by atoms with E-state index in [1.807, 2.05) is 0 Å². The number of aliphatic hydroxyl groups excluding tert-OH is 1. The van der Waals surface area contributed by atoms with E-state index >= 15 is 0 Å². The van der Waals surface area contributed by atoms with Crippen molar-refractivity contribution < 1.29 is 14.6 Å². The van der Waals surface area contributed by atoms with Gasteiger partial charge in [-0.2, -0.15) is 0 Å². The van der Waals surface area contributed by atoms with Crippen molar-refractivity contribution in [3.05, 3.63) is 22.7 Å². The van der Waals surface area contributed by atoms with Crippen LogP contribution in [-0.4, -0.2) is 25.4 Å². The number of methoxy groups -OCH3 is 1. The maximum Gasteiger partial charge on any atom is 0.165 e. The van der Waals surface area contributed by atoms with Crippen molar-refractivity contribution >= 4 is 11.6 Å². The first kappa shape index (κ1) is 12.1. The Balaban J connectivity index is 3.06. The fourth-order valence-corrected chi connectivity index (χ4v) is 1.47. The Morgan fingerprint density at radius 1 is 1.47 bits per heavy atom. The van der Waals surface area contributed by atoms with E-state index in [4.69, 9.17) is 31.9 Å². The van der Waals surface area contributed by atoms with Crippen molar-refractivity contribution in [1.29, 1.82) is 0 Å². The molecule has 0 unspecified atom stereocenters. The Labute approximate surface area is 93.6 Å². The largest absolute Gasteiger partial charge is 0.493 e. The van der Waals surface area contributed by atoms with Gasteiger partial charge in [0.2, 0.25) is 0 Å². The lowest BCUT2D eigenvalue weighted by molar-refractivity contribution is 0.195. The second-order valence-electron chi connectivity index (χ2n) is 2.87. The van der Waals surface area contributed by atoms with Crippen LogP contribution in [0, 0.1) is 0 Å². The van der Waals surface area contributed by atoms with Gasteiger partial charge in [0.05, 0.1) is 13.7 Å². The fraction of sp³-hybridized carbons (Fsp3) is 0.400. The monoisotopic (exact) mass is 231 g/mol. The molecular weight excluding hydrogens is 218 g/mol. The summed E-state index contributed by atoms with van der Waals surface area (Å²) in [6, 6.07) is 3.37. The van der Waals surface area contributed by atoms with Crippen LogP contribution in [0.2, 0.25) is 5.02 Å². The minimum atomic E-state index is -0.0597. The van der Waals surface area contributed by atoms with E-state index in [0.29, 0.717) is 23.1 Å². The minimum absolute atomic E-state index is 0.0597. The summed E-state index contributed by atoms with van der Waals surface area (Å²) in [7, 11) is 1.53. The third-order valence-electron chi connectivity index (χ3n) is 1.87. The van der Waals surface area contributed by atoms with Crippen molar-refractivity contribution in [3.63, 3.8) is 0 Å². The smallest absolute Gasteiger partial charge is 0.165 e. The Morgan fingerprint density at radius 2 is 2.20 bits per heavy atom. The van der Waals surface area contributed by atoms with Gasteiger partial charge in [0.1, 0.15) is 6.61 Å². The van der Waals surface area contributed by atoms with Gasteiger partial charge < -0.3 is 20.3 Å². The second-order valence-corrected chi connectivity index (χ2v) is 3.31. The van der Waals surface area contributed by atoms with E-state index in [1.165, 1.54) is 7.11 Å². The average molecular weight is 232 g/mol. The van der Waals surface area contributed by atoms with Crippen LogP contribution < -0.4 is 15.2 Å². The number of aliphatic hydroxyl groups is 1. The van der Waals surface area contributed by atoms with Crippen LogP contribution in [0.4, 0.5) is 0 Å². The molecule has 0 aliphatic carbocycles. The summed E-state index contributed by atoms with van der Waals surface area (Å²) in [6.45, 7) is 0.443. The van der Waals surface area contributed by atoms with Crippen molar-refractivity contribution in [2.24, 2.45) is 5.73 Å². The molecule has 0 heterocycles. The lowest BCUT2D eigenvalue weighted by Gasteiger charge is -2.14. The summed E-state index contributed by atoms with van der Waals surface area (Å²) < 4.78 is 10.5. The van der Waals surface area contributed by atoms with Gasteiger partial charge in [0.15, 0.2) is 11.5 Å². The lowest BCUT2D eigenvalue weighted by Crippen LogP contribution is -2.07. The topological polar surface area (TPSA) is 64.7 Å². The number of hydrogen-bond donors (Lipinski definition) is 2. The van der Waals surface area contributed by atoms with Crippen molar-refractivity contribution in [2.75, 3.05) is 20.3 Å². The molecule has 0 saturated carbocycles. The number of nitrogens with two attached hydrogens (primary N) is 1. The molecule has 15 heavy (non-hydrogen) atoms. The molecular formula is C10H14ClNO3. The molecule has 0 spiro atoms. The molecule has 4 nitrogen and oxygen atoms in total. The molecule has 0 amide bonds. The van der Waals surface area contributed by atoms with Gasteiger partial charge in [-0.3, -0.25) is 0 Å². The average Bonchev–Trinajstić information content (AvgIpc) is 2.26. The van der Waals surface area contributed by atoms with Crippen molar-refractivity contribution in [1.82, 2.24) is 0 Å². The number of halogens is 1. The predicted molar refractivity (Wildman–Crippen MR) is 58.5 cm³/mol. The molecule has 0 saturated heterocycles. The number of rotatable bonds is 5. The normalized spacial score (nSPS) is 10.1. The van der Waals surface area contributed by atoms with Crippen LogP contribution in [0.5, 0.6) is 11.5 Å². The van der Waals surface area contributed by atoms with Crippen molar-refractivity contribution in [2.45, 2.75) is 6.54 Å². The van der Waals surface area contributed by atoms with Crippen LogP contribution >= 0.6 is 11.6 Å². The molecule has 84 valence electrons. The first-order chi connectivity index (χ1) is 7.22. The fourth-order valence-electron chi connectivity index (χ4n) is 1.24. The van der Waals surface area contributed by atoms with E-state index in [1.54, 1.807) is 12.1 Å². The summed E-state index contributed by atoms with van der Waals surface area (Å²) in [5, 5.41) is 9.23. The molecule has 5 heteroatoms. The van der Waals surface area contributed by atoms with Crippen LogP contribution in [0.3, 0.4) is 0 Å². The summed E-state index contributed by atoms with van der Waals surface area (Å²) in [5.74, 6) is 1.06. The van der Waals surface area contributed by atoms with Gasteiger partial charge in [-0.05, 0) is 6.07 Å². The van der Waals surface area contributed by atoms with E-state index in [2.05, 4.69) is 0 Å². The second kappa shape index (κ2) is 5.80. The van der Waals surface area contributed by atoms with Gasteiger partial charge in [-0.25, -0.2) is 0 Å². The summed E-state index contributed by atoms with van der Waals surface area (Å²) in [6.07, 6.45) is 0. The zero-order chi connectivity index (χ0) is 11.3. The van der Waals surface area contributed by atoms with Gasteiger partial charge in [-0.15, -0.1) is 0 Å². The van der Waals surface area contributed by atoms with E-state index in [-0.39, 0.29) is 13.2 Å². The Bertz CT molecular complexity index is 305. The Morgan fingerprint density at radius 3 is 2.73 bits per heavy atom. The van der Waals surface area contributed by atoms with Crippen LogP contribution in [-0.2, 0) is 6.54 Å². The minimum Gasteiger partial charge on any atom is -0.493 e. The lowest BCUT2D eigenvalue weighted by atomic mass is 10.2. The van der Waals surface area contributed by atoms with E-state index < -0.39 is 0 Å². The molecule has 1 aromatic rings. The van der Waals surface area contributed by atoms with E-state index in [9.17, 15) is 0 Å². The zero-order valence-electron chi connectivity index (χ0n) is 8.50. The van der Waals surface area contributed by atoms with Crippen LogP contribution in [0.1, 0.15) is 5.56 Å². The molecule has 0 bridgehead atoms. The molecule has 1 aromatic carbocycles. The van der Waals surface area contributed by atoms with Gasteiger partial charge in [-0.1, -0.05) is 11.6 Å². The molecule has 0 aromatic heterocycles. The molecule has 3 N–H and O–H groups in total. The van der Waals surface area contributed by atoms with E-state index in [0.717, 1.165) is 5.56 Å². The first-order valence-electron chi connectivity index (χ1n) is 4.53. The summed E-state index contributed by atoms with van der Waals surface area (Å²) in [5.41, 5.74) is 6.32. The summed E-state index contributed by atoms with van der Waals surface area (Å²) >= 11 is 5.87. The Hall–Kier alpha value is -0.970. The van der Waals surface area contributed by atoms with Gasteiger partial charge >= 0.3 is 0 Å². The highest BCUT2D eigenvalue weighted by Gasteiger charge is 2.11. The maximum absolute atomic E-state index is 8.69. The SMILES string of the molecule is COc1cc(Cl)cc(CN)c1OCCO. The van der Waals surface area contributed by atoms with Crippen LogP contribution in [0.25, 0.3) is 0 Å². The highest BCUT2D eigenvalue weighted by molar-refractivity contribution is 6.30. The third kappa shape index (κ3) is 2.99. The molecule has 0 radical (unpaired) electrons. The molecule has 0 aliphatic rings. The Kier molecular flexibility index (Phi) is 4.68. The highest BCUT2D eigenvalue weighted by atomic mass is 35.5. The molecule has 0 fully saturated rings. The van der Waals surface area contributed by atoms with Crippen LogP contribution in [0.15, 0.2) is 12.1 Å².